The Balaban J connectivity index is 1.46. The second-order valence-electron chi connectivity index (χ2n) is 5.87. The van der Waals surface area contributed by atoms with Crippen LogP contribution in [0, 0.1) is 0 Å². The number of amides is 1. The summed E-state index contributed by atoms with van der Waals surface area (Å²) < 4.78 is 1.79. The van der Waals surface area contributed by atoms with E-state index in [1.807, 2.05) is 54.7 Å². The minimum absolute atomic E-state index is 0.267. The normalized spacial score (nSPS) is 10.8. The van der Waals surface area contributed by atoms with Gasteiger partial charge in [-0.1, -0.05) is 30.3 Å². The number of aromatic nitrogens is 4. The van der Waals surface area contributed by atoms with Crippen LogP contribution < -0.4 is 5.32 Å². The summed E-state index contributed by atoms with van der Waals surface area (Å²) >= 11 is 0. The van der Waals surface area contributed by atoms with E-state index in [0.717, 1.165) is 22.9 Å². The van der Waals surface area contributed by atoms with Gasteiger partial charge in [0.15, 0.2) is 5.82 Å². The average Bonchev–Trinajstić information content (AvgIpc) is 3.14. The lowest BCUT2D eigenvalue weighted by Crippen LogP contribution is -2.15. The molecule has 0 radical (unpaired) electrons. The number of anilines is 1. The summed E-state index contributed by atoms with van der Waals surface area (Å²) in [5.74, 6) is 0.238. The van der Waals surface area contributed by atoms with Crippen molar-refractivity contribution >= 4 is 22.5 Å². The zero-order chi connectivity index (χ0) is 17.8. The summed E-state index contributed by atoms with van der Waals surface area (Å²) in [7, 11) is 0. The Morgan fingerprint density at radius 1 is 0.962 bits per heavy atom. The van der Waals surface area contributed by atoms with Crippen molar-refractivity contribution in [1.82, 2.24) is 19.7 Å². The predicted molar refractivity (Wildman–Crippen MR) is 99.9 cm³/mol. The van der Waals surface area contributed by atoms with Crippen LogP contribution in [0.5, 0.6) is 0 Å². The Labute approximate surface area is 150 Å². The van der Waals surface area contributed by atoms with Crippen LogP contribution in [0.2, 0.25) is 0 Å². The summed E-state index contributed by atoms with van der Waals surface area (Å²) in [4.78, 5) is 21.1. The molecule has 1 N–H and O–H groups in total. The third-order valence-corrected chi connectivity index (χ3v) is 4.09. The molecule has 0 aliphatic heterocycles. The van der Waals surface area contributed by atoms with Gasteiger partial charge in [-0.25, -0.2) is 0 Å². The molecule has 0 fully saturated rings. The number of hydrogen-bond donors (Lipinski definition) is 1. The van der Waals surface area contributed by atoms with Gasteiger partial charge in [0.05, 0.1) is 0 Å². The quantitative estimate of drug-likeness (QED) is 0.603. The first kappa shape index (κ1) is 16.0. The maximum atomic E-state index is 12.6. The van der Waals surface area contributed by atoms with Gasteiger partial charge in [-0.15, -0.1) is 0 Å². The molecule has 4 aromatic rings. The lowest BCUT2D eigenvalue weighted by molar-refractivity contribution is 0.102. The molecule has 128 valence electrons. The topological polar surface area (TPSA) is 72.7 Å². The first-order valence-corrected chi connectivity index (χ1v) is 8.38. The first-order valence-electron chi connectivity index (χ1n) is 8.38. The van der Waals surface area contributed by atoms with Crippen molar-refractivity contribution in [2.75, 3.05) is 5.32 Å². The van der Waals surface area contributed by atoms with Gasteiger partial charge in [0, 0.05) is 48.7 Å². The number of benzene rings is 1. The van der Waals surface area contributed by atoms with Gasteiger partial charge in [0.2, 0.25) is 0 Å². The Hall–Kier alpha value is -3.54. The van der Waals surface area contributed by atoms with E-state index in [-0.39, 0.29) is 5.91 Å². The molecule has 0 spiro atoms. The Kier molecular flexibility index (Phi) is 4.38. The summed E-state index contributed by atoms with van der Waals surface area (Å²) in [6, 6.07) is 17.2. The number of fused-ring (bicyclic) bond motifs is 1. The van der Waals surface area contributed by atoms with E-state index in [2.05, 4.69) is 20.4 Å². The van der Waals surface area contributed by atoms with Gasteiger partial charge in [-0.05, 0) is 23.6 Å². The van der Waals surface area contributed by atoms with Crippen LogP contribution >= 0.6 is 0 Å². The number of nitrogens with zero attached hydrogens (tertiary/aromatic N) is 4. The minimum atomic E-state index is -0.267. The van der Waals surface area contributed by atoms with Gasteiger partial charge in [0.1, 0.15) is 5.69 Å². The second-order valence-corrected chi connectivity index (χ2v) is 5.87. The molecule has 0 aliphatic rings. The van der Waals surface area contributed by atoms with Crippen molar-refractivity contribution in [3.05, 3.63) is 84.6 Å². The summed E-state index contributed by atoms with van der Waals surface area (Å²) in [5.41, 5.74) is 1.40. The molecule has 6 heteroatoms. The highest BCUT2D eigenvalue weighted by molar-refractivity contribution is 6.10. The fraction of sp³-hybridized carbons (Fsp3) is 0.100. The van der Waals surface area contributed by atoms with Crippen LogP contribution in [0.4, 0.5) is 5.82 Å². The number of pyridine rings is 2. The average molecular weight is 343 g/mol. The van der Waals surface area contributed by atoms with Crippen LogP contribution in [0.15, 0.2) is 73.2 Å². The molecule has 0 atom stereocenters. The second kappa shape index (κ2) is 7.14. The zero-order valence-corrected chi connectivity index (χ0v) is 14.0. The SMILES string of the molecule is O=C(Nc1ccn(CCc2ccccn2)n1)c1nccc2ccccc12. The highest BCUT2D eigenvalue weighted by atomic mass is 16.2. The van der Waals surface area contributed by atoms with Crippen LogP contribution in [0.1, 0.15) is 16.2 Å². The summed E-state index contributed by atoms with van der Waals surface area (Å²) in [5, 5.41) is 9.02. The molecule has 0 saturated heterocycles. The largest absolute Gasteiger partial charge is 0.304 e. The third-order valence-electron chi connectivity index (χ3n) is 4.09. The molecular formula is C20H17N5O. The highest BCUT2D eigenvalue weighted by Crippen LogP contribution is 2.17. The van der Waals surface area contributed by atoms with E-state index in [4.69, 9.17) is 0 Å². The van der Waals surface area contributed by atoms with E-state index in [1.165, 1.54) is 0 Å². The summed E-state index contributed by atoms with van der Waals surface area (Å²) in [6.45, 7) is 0.694. The zero-order valence-electron chi connectivity index (χ0n) is 14.0. The molecule has 26 heavy (non-hydrogen) atoms. The number of carbonyl (C=O) groups excluding carboxylic acids is 1. The Bertz CT molecular complexity index is 1040. The number of aryl methyl sites for hydroxylation is 2. The van der Waals surface area contributed by atoms with Crippen molar-refractivity contribution in [2.45, 2.75) is 13.0 Å². The maximum Gasteiger partial charge on any atom is 0.276 e. The van der Waals surface area contributed by atoms with Crippen molar-refractivity contribution < 1.29 is 4.79 Å². The number of rotatable bonds is 5. The minimum Gasteiger partial charge on any atom is -0.304 e. The molecule has 0 bridgehead atoms. The van der Waals surface area contributed by atoms with E-state index in [9.17, 15) is 4.79 Å². The van der Waals surface area contributed by atoms with Crippen LogP contribution in [0.3, 0.4) is 0 Å². The molecule has 0 unspecified atom stereocenters. The lowest BCUT2D eigenvalue weighted by atomic mass is 10.1. The molecular weight excluding hydrogens is 326 g/mol. The molecule has 4 rings (SSSR count). The van der Waals surface area contributed by atoms with Crippen LogP contribution in [-0.2, 0) is 13.0 Å². The molecule has 3 heterocycles. The molecule has 1 aromatic carbocycles. The molecule has 6 nitrogen and oxygen atoms in total. The van der Waals surface area contributed by atoms with Gasteiger partial charge in [-0.3, -0.25) is 19.4 Å². The molecule has 3 aromatic heterocycles. The summed E-state index contributed by atoms with van der Waals surface area (Å²) in [6.07, 6.45) is 6.04. The van der Waals surface area contributed by atoms with E-state index >= 15 is 0 Å². The van der Waals surface area contributed by atoms with Gasteiger partial charge < -0.3 is 5.32 Å². The monoisotopic (exact) mass is 343 g/mol. The fourth-order valence-electron chi connectivity index (χ4n) is 2.80. The van der Waals surface area contributed by atoms with Crippen molar-refractivity contribution in [1.29, 1.82) is 0 Å². The fourth-order valence-corrected chi connectivity index (χ4v) is 2.80. The van der Waals surface area contributed by atoms with Gasteiger partial charge >= 0.3 is 0 Å². The highest BCUT2D eigenvalue weighted by Gasteiger charge is 2.13. The third kappa shape index (κ3) is 3.44. The van der Waals surface area contributed by atoms with E-state index < -0.39 is 0 Å². The maximum absolute atomic E-state index is 12.6. The smallest absolute Gasteiger partial charge is 0.276 e. The molecule has 0 saturated carbocycles. The number of carbonyl (C=O) groups is 1. The molecule has 0 aliphatic carbocycles. The number of hydrogen-bond acceptors (Lipinski definition) is 4. The van der Waals surface area contributed by atoms with Crippen molar-refractivity contribution in [2.24, 2.45) is 0 Å². The van der Waals surface area contributed by atoms with Gasteiger partial charge in [-0.2, -0.15) is 5.10 Å². The van der Waals surface area contributed by atoms with Crippen LogP contribution in [-0.4, -0.2) is 25.7 Å². The van der Waals surface area contributed by atoms with Gasteiger partial charge in [0.25, 0.3) is 5.91 Å². The standard InChI is InChI=1S/C20H17N5O/c26-20(19-17-7-2-1-5-15(17)8-12-22-19)23-18-10-14-25(24-18)13-9-16-6-3-4-11-21-16/h1-8,10-12,14H,9,13H2,(H,23,24,26). The number of nitrogens with one attached hydrogen (secondary N) is 1. The Morgan fingerprint density at radius 2 is 1.85 bits per heavy atom. The molecule has 1 amide bonds. The van der Waals surface area contributed by atoms with Crippen molar-refractivity contribution in [3.8, 4) is 0 Å². The lowest BCUT2D eigenvalue weighted by Gasteiger charge is -2.05. The Morgan fingerprint density at radius 3 is 2.73 bits per heavy atom. The van der Waals surface area contributed by atoms with Crippen LogP contribution in [0.25, 0.3) is 10.8 Å². The van der Waals surface area contributed by atoms with E-state index in [1.54, 1.807) is 23.1 Å². The van der Waals surface area contributed by atoms with E-state index in [0.29, 0.717) is 18.1 Å². The predicted octanol–water partition coefficient (Wildman–Crippen LogP) is 3.32. The van der Waals surface area contributed by atoms with Crippen molar-refractivity contribution in [3.63, 3.8) is 0 Å². The first-order chi connectivity index (χ1) is 12.8.